The van der Waals surface area contributed by atoms with Crippen LogP contribution in [0.5, 0.6) is 5.75 Å². The fourth-order valence-corrected chi connectivity index (χ4v) is 4.05. The SMILES string of the molecule is CCOC(=O)/C=C/c1c(Cl)c(OC)cc2c3c(c(=O)[nH]c12)CN(C(=O)OC(C)(C)C)[C@H]3C. The highest BCUT2D eigenvalue weighted by Crippen LogP contribution is 2.42. The highest BCUT2D eigenvalue weighted by molar-refractivity contribution is 6.35. The molecule has 1 aromatic carbocycles. The lowest BCUT2D eigenvalue weighted by Crippen LogP contribution is -2.35. The van der Waals surface area contributed by atoms with E-state index in [1.54, 1.807) is 33.8 Å². The number of H-pyrrole nitrogens is 1. The van der Waals surface area contributed by atoms with E-state index < -0.39 is 23.7 Å². The summed E-state index contributed by atoms with van der Waals surface area (Å²) in [5.41, 5.74) is 1.02. The number of carbonyl (C=O) groups is 2. The van der Waals surface area contributed by atoms with Gasteiger partial charge < -0.3 is 19.2 Å². The molecule has 1 aliphatic heterocycles. The summed E-state index contributed by atoms with van der Waals surface area (Å²) in [6, 6.07) is 1.31. The van der Waals surface area contributed by atoms with Gasteiger partial charge in [0.05, 0.1) is 36.8 Å². The maximum atomic E-state index is 13.0. The van der Waals surface area contributed by atoms with Gasteiger partial charge in [0.25, 0.3) is 5.56 Å². The van der Waals surface area contributed by atoms with Crippen LogP contribution in [0.4, 0.5) is 4.79 Å². The van der Waals surface area contributed by atoms with E-state index in [0.717, 1.165) is 0 Å². The number of rotatable bonds is 4. The van der Waals surface area contributed by atoms with E-state index in [4.69, 9.17) is 25.8 Å². The molecule has 2 aromatic rings. The quantitative estimate of drug-likeness (QED) is 0.527. The number of hydrogen-bond donors (Lipinski definition) is 1. The van der Waals surface area contributed by atoms with Gasteiger partial charge in [0.15, 0.2) is 0 Å². The van der Waals surface area contributed by atoms with Crippen LogP contribution < -0.4 is 10.3 Å². The molecular formula is C23H27ClN2O6. The number of aromatic amines is 1. The Labute approximate surface area is 191 Å². The smallest absolute Gasteiger partial charge is 0.411 e. The van der Waals surface area contributed by atoms with Crippen LogP contribution in [0.3, 0.4) is 0 Å². The van der Waals surface area contributed by atoms with E-state index >= 15 is 0 Å². The van der Waals surface area contributed by atoms with Gasteiger partial charge in [-0.3, -0.25) is 9.69 Å². The number of esters is 1. The van der Waals surface area contributed by atoms with Gasteiger partial charge in [-0.2, -0.15) is 0 Å². The van der Waals surface area contributed by atoms with Crippen molar-refractivity contribution in [3.63, 3.8) is 0 Å². The zero-order chi connectivity index (χ0) is 23.8. The average molecular weight is 463 g/mol. The average Bonchev–Trinajstić information content (AvgIpc) is 3.05. The highest BCUT2D eigenvalue weighted by Gasteiger charge is 2.37. The Balaban J connectivity index is 2.19. The van der Waals surface area contributed by atoms with Gasteiger partial charge in [0, 0.05) is 22.6 Å². The molecule has 1 amide bonds. The van der Waals surface area contributed by atoms with Crippen LogP contribution in [-0.4, -0.2) is 41.3 Å². The normalized spacial score (nSPS) is 15.8. The van der Waals surface area contributed by atoms with Crippen LogP contribution >= 0.6 is 11.6 Å². The number of methoxy groups -OCH3 is 1. The first-order valence-electron chi connectivity index (χ1n) is 10.3. The minimum Gasteiger partial charge on any atom is -0.495 e. The third-order valence-electron chi connectivity index (χ3n) is 5.13. The summed E-state index contributed by atoms with van der Waals surface area (Å²) in [7, 11) is 1.48. The molecule has 3 rings (SSSR count). The van der Waals surface area contributed by atoms with Crippen molar-refractivity contribution >= 4 is 40.6 Å². The minimum atomic E-state index is -0.665. The number of halogens is 1. The maximum absolute atomic E-state index is 13.0. The zero-order valence-electron chi connectivity index (χ0n) is 19.0. The van der Waals surface area contributed by atoms with Crippen molar-refractivity contribution in [1.82, 2.24) is 9.88 Å². The molecule has 0 fully saturated rings. The van der Waals surface area contributed by atoms with Gasteiger partial charge in [-0.25, -0.2) is 9.59 Å². The lowest BCUT2D eigenvalue weighted by molar-refractivity contribution is -0.137. The predicted molar refractivity (Wildman–Crippen MR) is 122 cm³/mol. The second-order valence-electron chi connectivity index (χ2n) is 8.44. The van der Waals surface area contributed by atoms with Crippen molar-refractivity contribution in [3.8, 4) is 5.75 Å². The third-order valence-corrected chi connectivity index (χ3v) is 5.52. The number of nitrogens with zero attached hydrogens (tertiary/aromatic N) is 1. The van der Waals surface area contributed by atoms with Crippen molar-refractivity contribution in [2.45, 2.75) is 52.8 Å². The molecule has 1 N–H and O–H groups in total. The van der Waals surface area contributed by atoms with E-state index in [-0.39, 0.29) is 23.7 Å². The van der Waals surface area contributed by atoms with Gasteiger partial charge in [-0.15, -0.1) is 0 Å². The Morgan fingerprint density at radius 1 is 1.34 bits per heavy atom. The number of amides is 1. The van der Waals surface area contributed by atoms with Crippen LogP contribution in [0, 0.1) is 0 Å². The Bertz CT molecular complexity index is 1160. The first-order valence-corrected chi connectivity index (χ1v) is 10.7. The summed E-state index contributed by atoms with van der Waals surface area (Å²) in [5, 5.41) is 0.911. The molecule has 1 atom stereocenters. The number of pyridine rings is 1. The van der Waals surface area contributed by atoms with Crippen molar-refractivity contribution in [2.75, 3.05) is 13.7 Å². The van der Waals surface area contributed by atoms with E-state index in [1.807, 2.05) is 6.92 Å². The van der Waals surface area contributed by atoms with Crippen molar-refractivity contribution in [2.24, 2.45) is 0 Å². The van der Waals surface area contributed by atoms with Gasteiger partial charge in [0.1, 0.15) is 11.4 Å². The molecule has 2 heterocycles. The molecule has 0 unspecified atom stereocenters. The molecule has 32 heavy (non-hydrogen) atoms. The molecule has 0 saturated heterocycles. The van der Waals surface area contributed by atoms with Crippen LogP contribution in [0.2, 0.25) is 5.02 Å². The molecule has 0 spiro atoms. The van der Waals surface area contributed by atoms with E-state index in [9.17, 15) is 14.4 Å². The summed E-state index contributed by atoms with van der Waals surface area (Å²) in [4.78, 5) is 41.9. The number of aromatic nitrogens is 1. The molecule has 9 heteroatoms. The molecule has 172 valence electrons. The largest absolute Gasteiger partial charge is 0.495 e. The first kappa shape index (κ1) is 23.7. The Kier molecular flexibility index (Phi) is 6.55. The van der Waals surface area contributed by atoms with Gasteiger partial charge in [-0.05, 0) is 52.3 Å². The Hall–Kier alpha value is -3.00. The van der Waals surface area contributed by atoms with E-state index in [2.05, 4.69) is 4.98 Å². The van der Waals surface area contributed by atoms with Crippen LogP contribution in [0.1, 0.15) is 57.4 Å². The summed E-state index contributed by atoms with van der Waals surface area (Å²) in [5.74, 6) is -0.160. The lowest BCUT2D eigenvalue weighted by Gasteiger charge is -2.27. The van der Waals surface area contributed by atoms with Crippen LogP contribution in [-0.2, 0) is 20.8 Å². The summed E-state index contributed by atoms with van der Waals surface area (Å²) in [6.07, 6.45) is 2.22. The number of carbonyl (C=O) groups excluding carboxylic acids is 2. The summed E-state index contributed by atoms with van der Waals surface area (Å²) < 4.78 is 15.9. The number of hydrogen-bond acceptors (Lipinski definition) is 6. The van der Waals surface area contributed by atoms with Crippen LogP contribution in [0.25, 0.3) is 17.0 Å². The topological polar surface area (TPSA) is 97.9 Å². The first-order chi connectivity index (χ1) is 15.0. The molecule has 1 aliphatic rings. The molecule has 0 saturated carbocycles. The summed E-state index contributed by atoms with van der Waals surface area (Å²) >= 11 is 6.50. The number of fused-ring (bicyclic) bond motifs is 3. The Morgan fingerprint density at radius 2 is 2.03 bits per heavy atom. The second kappa shape index (κ2) is 8.86. The summed E-state index contributed by atoms with van der Waals surface area (Å²) in [6.45, 7) is 9.26. The monoisotopic (exact) mass is 462 g/mol. The lowest BCUT2D eigenvalue weighted by atomic mass is 9.98. The molecule has 8 nitrogen and oxygen atoms in total. The molecular weight excluding hydrogens is 436 g/mol. The van der Waals surface area contributed by atoms with E-state index in [1.165, 1.54) is 24.2 Å². The Morgan fingerprint density at radius 3 is 2.62 bits per heavy atom. The number of benzene rings is 1. The van der Waals surface area contributed by atoms with Crippen molar-refractivity contribution in [3.05, 3.63) is 44.2 Å². The minimum absolute atomic E-state index is 0.121. The highest BCUT2D eigenvalue weighted by atomic mass is 35.5. The van der Waals surface area contributed by atoms with Gasteiger partial charge in [0.2, 0.25) is 0 Å². The number of ether oxygens (including phenoxy) is 3. The molecule has 0 bridgehead atoms. The molecule has 0 radical (unpaired) electrons. The predicted octanol–water partition coefficient (Wildman–Crippen LogP) is 4.58. The fourth-order valence-electron chi connectivity index (χ4n) is 3.76. The van der Waals surface area contributed by atoms with Gasteiger partial charge >= 0.3 is 12.1 Å². The maximum Gasteiger partial charge on any atom is 0.411 e. The number of nitrogens with one attached hydrogen (secondary N) is 1. The van der Waals surface area contributed by atoms with Crippen LogP contribution in [0.15, 0.2) is 16.9 Å². The molecule has 0 aliphatic carbocycles. The standard InChI is InChI=1S/C23H27ClN2O6/c1-7-31-17(27)9-8-13-19(24)16(30-6)10-14-18-12(2)26(22(29)32-23(3,4)5)11-15(18)21(28)25-20(13)14/h8-10,12H,7,11H2,1-6H3,(H,25,28)/b9-8+/t12-/m0/s1. The van der Waals surface area contributed by atoms with Gasteiger partial charge in [-0.1, -0.05) is 11.6 Å². The second-order valence-corrected chi connectivity index (χ2v) is 8.82. The third kappa shape index (κ3) is 4.46. The van der Waals surface area contributed by atoms with Crippen molar-refractivity contribution in [1.29, 1.82) is 0 Å². The molecule has 1 aromatic heterocycles. The van der Waals surface area contributed by atoms with E-state index in [0.29, 0.717) is 33.3 Å². The fraction of sp³-hybridized carbons (Fsp3) is 0.435. The van der Waals surface area contributed by atoms with Crippen molar-refractivity contribution < 1.29 is 23.8 Å². The zero-order valence-corrected chi connectivity index (χ0v) is 19.8.